The van der Waals surface area contributed by atoms with Crippen molar-refractivity contribution in [3.63, 3.8) is 0 Å². The van der Waals surface area contributed by atoms with Crippen molar-refractivity contribution in [3.8, 4) is 0 Å². The quantitative estimate of drug-likeness (QED) is 0.355. The summed E-state index contributed by atoms with van der Waals surface area (Å²) in [4.78, 5) is 50.9. The molecule has 0 saturated carbocycles. The van der Waals surface area contributed by atoms with Crippen LogP contribution in [0.25, 0.3) is 0 Å². The van der Waals surface area contributed by atoms with Gasteiger partial charge in [-0.05, 0) is 56.3 Å². The predicted octanol–water partition coefficient (Wildman–Crippen LogP) is 5.19. The molecule has 8 nitrogen and oxygen atoms in total. The van der Waals surface area contributed by atoms with E-state index in [0.29, 0.717) is 4.47 Å². The Labute approximate surface area is 220 Å². The molecule has 36 heavy (non-hydrogen) atoms. The Balaban J connectivity index is 1.94. The highest BCUT2D eigenvalue weighted by Crippen LogP contribution is 2.26. The largest absolute Gasteiger partial charge is 0.478 e. The van der Waals surface area contributed by atoms with Crippen molar-refractivity contribution in [2.45, 2.75) is 26.1 Å². The number of rotatable bonds is 8. The van der Waals surface area contributed by atoms with Crippen LogP contribution in [0.5, 0.6) is 0 Å². The number of ether oxygens (including phenoxy) is 2. The fourth-order valence-electron chi connectivity index (χ4n) is 3.20. The van der Waals surface area contributed by atoms with Crippen molar-refractivity contribution in [1.29, 1.82) is 0 Å². The number of amides is 1. The van der Waals surface area contributed by atoms with E-state index in [-0.39, 0.29) is 21.8 Å². The van der Waals surface area contributed by atoms with Crippen LogP contribution in [0.15, 0.2) is 71.2 Å². The lowest BCUT2D eigenvalue weighted by atomic mass is 10.1. The first-order valence-corrected chi connectivity index (χ1v) is 11.8. The SMILES string of the molecule is Cc1cccc(C(=O)O[C@H](C(=O)O)[C@H](OC(=O)c2cccc(C)c2)C(=O)Nc2ccc(Br)cc2Cl)c1. The minimum atomic E-state index is -2.15. The summed E-state index contributed by atoms with van der Waals surface area (Å²) in [6.07, 6.45) is -4.19. The zero-order valence-corrected chi connectivity index (χ0v) is 21.5. The van der Waals surface area contributed by atoms with Crippen LogP contribution in [-0.4, -0.2) is 41.1 Å². The number of aliphatic carboxylic acids is 1. The lowest BCUT2D eigenvalue weighted by molar-refractivity contribution is -0.157. The Kier molecular flexibility index (Phi) is 8.84. The van der Waals surface area contributed by atoms with Crippen LogP contribution in [0, 0.1) is 13.8 Å². The van der Waals surface area contributed by atoms with Crippen LogP contribution in [0.2, 0.25) is 5.02 Å². The molecule has 0 saturated heterocycles. The summed E-state index contributed by atoms with van der Waals surface area (Å²) < 4.78 is 11.1. The maximum Gasteiger partial charge on any atom is 0.349 e. The first-order valence-electron chi connectivity index (χ1n) is 10.6. The van der Waals surface area contributed by atoms with Crippen molar-refractivity contribution < 1.29 is 33.8 Å². The molecule has 0 heterocycles. The molecule has 3 rings (SSSR count). The van der Waals surface area contributed by atoms with E-state index in [9.17, 15) is 24.3 Å². The molecule has 10 heteroatoms. The van der Waals surface area contributed by atoms with Gasteiger partial charge in [0.1, 0.15) is 0 Å². The highest BCUT2D eigenvalue weighted by Gasteiger charge is 2.41. The smallest absolute Gasteiger partial charge is 0.349 e. The molecule has 2 N–H and O–H groups in total. The summed E-state index contributed by atoms with van der Waals surface area (Å²) in [5, 5.41) is 12.4. The summed E-state index contributed by atoms with van der Waals surface area (Å²) in [7, 11) is 0. The molecule has 3 aromatic rings. The molecule has 2 atom stereocenters. The van der Waals surface area contributed by atoms with E-state index in [4.69, 9.17) is 21.1 Å². The molecule has 0 bridgehead atoms. The van der Waals surface area contributed by atoms with Gasteiger partial charge in [-0.1, -0.05) is 62.9 Å². The van der Waals surface area contributed by atoms with Gasteiger partial charge in [-0.15, -0.1) is 0 Å². The van der Waals surface area contributed by atoms with Gasteiger partial charge in [0.15, 0.2) is 0 Å². The molecule has 0 radical (unpaired) electrons. The normalized spacial score (nSPS) is 12.2. The number of aryl methyl sites for hydroxylation is 2. The minimum absolute atomic E-state index is 0.0707. The minimum Gasteiger partial charge on any atom is -0.478 e. The summed E-state index contributed by atoms with van der Waals surface area (Å²) >= 11 is 9.42. The fraction of sp³-hybridized carbons (Fsp3) is 0.154. The molecule has 0 aliphatic heterocycles. The van der Waals surface area contributed by atoms with E-state index in [0.717, 1.165) is 11.1 Å². The Morgan fingerprint density at radius 1 is 0.833 bits per heavy atom. The first-order chi connectivity index (χ1) is 17.0. The average Bonchev–Trinajstić information content (AvgIpc) is 2.82. The van der Waals surface area contributed by atoms with Gasteiger partial charge in [-0.3, -0.25) is 4.79 Å². The fourth-order valence-corrected chi connectivity index (χ4v) is 3.92. The zero-order chi connectivity index (χ0) is 26.4. The Bertz CT molecular complexity index is 1330. The lowest BCUT2D eigenvalue weighted by Crippen LogP contribution is -2.48. The van der Waals surface area contributed by atoms with Gasteiger partial charge < -0.3 is 19.9 Å². The number of hydrogen-bond donors (Lipinski definition) is 2. The molecule has 0 fully saturated rings. The molecule has 0 aliphatic rings. The maximum atomic E-state index is 13.2. The molecule has 0 unspecified atom stereocenters. The molecular formula is C26H21BrClNO7. The van der Waals surface area contributed by atoms with Crippen LogP contribution in [-0.2, 0) is 19.1 Å². The van der Waals surface area contributed by atoms with E-state index < -0.39 is 36.0 Å². The van der Waals surface area contributed by atoms with Crippen LogP contribution in [0.1, 0.15) is 31.8 Å². The predicted molar refractivity (Wildman–Crippen MR) is 136 cm³/mol. The van der Waals surface area contributed by atoms with Crippen LogP contribution < -0.4 is 5.32 Å². The number of hydrogen-bond acceptors (Lipinski definition) is 6. The van der Waals surface area contributed by atoms with Crippen molar-refractivity contribution in [1.82, 2.24) is 0 Å². The van der Waals surface area contributed by atoms with Gasteiger partial charge in [0, 0.05) is 4.47 Å². The number of anilines is 1. The number of esters is 2. The summed E-state index contributed by atoms with van der Waals surface area (Å²) in [6, 6.07) is 17.2. The Hall–Kier alpha value is -3.69. The van der Waals surface area contributed by atoms with Crippen molar-refractivity contribution in [2.75, 3.05) is 5.32 Å². The molecule has 0 aromatic heterocycles. The number of halogens is 2. The lowest BCUT2D eigenvalue weighted by Gasteiger charge is -2.24. The number of carboxylic acid groups (broad SMARTS) is 1. The van der Waals surface area contributed by atoms with Crippen molar-refractivity contribution in [2.24, 2.45) is 0 Å². The average molecular weight is 575 g/mol. The van der Waals surface area contributed by atoms with Crippen LogP contribution in [0.4, 0.5) is 5.69 Å². The third-order valence-corrected chi connectivity index (χ3v) is 5.75. The summed E-state index contributed by atoms with van der Waals surface area (Å²) in [6.45, 7) is 3.49. The van der Waals surface area contributed by atoms with Gasteiger partial charge in [0.05, 0.1) is 21.8 Å². The summed E-state index contributed by atoms with van der Waals surface area (Å²) in [5.41, 5.74) is 1.77. The van der Waals surface area contributed by atoms with E-state index in [1.807, 2.05) is 0 Å². The number of nitrogens with one attached hydrogen (secondary N) is 1. The topological polar surface area (TPSA) is 119 Å². The van der Waals surface area contributed by atoms with Crippen LogP contribution >= 0.6 is 27.5 Å². The molecule has 0 spiro atoms. The highest BCUT2D eigenvalue weighted by atomic mass is 79.9. The van der Waals surface area contributed by atoms with E-state index >= 15 is 0 Å². The maximum absolute atomic E-state index is 13.2. The van der Waals surface area contributed by atoms with E-state index in [1.54, 1.807) is 44.2 Å². The first kappa shape index (κ1) is 26.9. The van der Waals surface area contributed by atoms with Gasteiger partial charge in [0.2, 0.25) is 12.2 Å². The summed E-state index contributed by atoms with van der Waals surface area (Å²) in [5.74, 6) is -4.71. The molecule has 186 valence electrons. The Morgan fingerprint density at radius 3 is 1.83 bits per heavy atom. The molecule has 3 aromatic carbocycles. The number of carboxylic acids is 1. The van der Waals surface area contributed by atoms with Crippen molar-refractivity contribution in [3.05, 3.63) is 98.5 Å². The van der Waals surface area contributed by atoms with Gasteiger partial charge in [-0.25, -0.2) is 14.4 Å². The van der Waals surface area contributed by atoms with Crippen molar-refractivity contribution >= 4 is 57.0 Å². The second-order valence-electron chi connectivity index (χ2n) is 7.84. The standard InChI is InChI=1S/C26H21BrClNO7/c1-14-5-3-7-16(11-14)25(33)35-21(23(30)29-20-10-9-18(27)13-19(20)28)22(24(31)32)36-26(34)17-8-4-6-15(2)12-17/h3-13,21-22H,1-2H3,(H,29,30)(H,31,32)/t21-,22-/m0/s1. The second-order valence-corrected chi connectivity index (χ2v) is 9.17. The van der Waals surface area contributed by atoms with Crippen LogP contribution in [0.3, 0.4) is 0 Å². The zero-order valence-electron chi connectivity index (χ0n) is 19.2. The Morgan fingerprint density at radius 2 is 1.36 bits per heavy atom. The van der Waals surface area contributed by atoms with Gasteiger partial charge in [-0.2, -0.15) is 0 Å². The van der Waals surface area contributed by atoms with E-state index in [1.165, 1.54) is 36.4 Å². The monoisotopic (exact) mass is 573 g/mol. The van der Waals surface area contributed by atoms with Gasteiger partial charge in [0.25, 0.3) is 5.91 Å². The number of carbonyl (C=O) groups excluding carboxylic acids is 3. The highest BCUT2D eigenvalue weighted by molar-refractivity contribution is 9.10. The molecular weight excluding hydrogens is 554 g/mol. The number of carbonyl (C=O) groups is 4. The third-order valence-electron chi connectivity index (χ3n) is 4.94. The number of benzene rings is 3. The third kappa shape index (κ3) is 6.93. The molecule has 1 amide bonds. The van der Waals surface area contributed by atoms with E-state index in [2.05, 4.69) is 21.2 Å². The molecule has 0 aliphatic carbocycles. The second kappa shape index (κ2) is 11.8. The van der Waals surface area contributed by atoms with Gasteiger partial charge >= 0.3 is 17.9 Å².